The summed E-state index contributed by atoms with van der Waals surface area (Å²) in [5, 5.41) is 0. The molecule has 1 saturated heterocycles. The highest BCUT2D eigenvalue weighted by atomic mass is 16.5. The molecule has 0 aromatic heterocycles. The van der Waals surface area contributed by atoms with Crippen molar-refractivity contribution in [3.05, 3.63) is 0 Å². The fraction of sp³-hybridized carbons (Fsp3) is 0.935. The monoisotopic (exact) mass is 491 g/mol. The standard InChI is InChI=1S/C31H57NO3/c1-23-28(2,3)19-24(20-29(23,4)5)26(33)17-15-13-11-12-14-16-18-27(34)35-25-21-30(6,7)32(10)31(8,9)22-25/h23-25H,11-22H2,1-10H3. The molecule has 0 unspecified atom stereocenters. The van der Waals surface area contributed by atoms with E-state index in [9.17, 15) is 9.59 Å². The van der Waals surface area contributed by atoms with Gasteiger partial charge in [-0.1, -0.05) is 60.3 Å². The third-order valence-corrected chi connectivity index (χ3v) is 9.97. The fourth-order valence-electron chi connectivity index (χ4n) is 7.07. The number of unbranched alkanes of at least 4 members (excludes halogenated alkanes) is 5. The summed E-state index contributed by atoms with van der Waals surface area (Å²) in [6.07, 6.45) is 11.5. The van der Waals surface area contributed by atoms with Gasteiger partial charge < -0.3 is 4.74 Å². The molecule has 0 radical (unpaired) electrons. The minimum atomic E-state index is -0.0376. The summed E-state index contributed by atoms with van der Waals surface area (Å²) in [5.74, 6) is 1.33. The van der Waals surface area contributed by atoms with E-state index < -0.39 is 0 Å². The maximum Gasteiger partial charge on any atom is 0.306 e. The predicted molar refractivity (Wildman–Crippen MR) is 146 cm³/mol. The molecular formula is C31H57NO3. The number of esters is 1. The first-order chi connectivity index (χ1) is 16.0. The zero-order valence-corrected chi connectivity index (χ0v) is 24.9. The number of ether oxygens (including phenoxy) is 1. The Labute approximate surface area is 217 Å². The highest BCUT2D eigenvalue weighted by Gasteiger charge is 2.46. The number of carbonyl (C=O) groups excluding carboxylic acids is 2. The lowest BCUT2D eigenvalue weighted by Gasteiger charge is -2.53. The topological polar surface area (TPSA) is 46.6 Å². The average Bonchev–Trinajstić information content (AvgIpc) is 2.71. The second kappa shape index (κ2) is 11.7. The van der Waals surface area contributed by atoms with E-state index in [0.717, 1.165) is 70.6 Å². The Hall–Kier alpha value is -0.900. The molecule has 1 aliphatic carbocycles. The van der Waals surface area contributed by atoms with E-state index in [1.54, 1.807) is 0 Å². The number of nitrogens with zero attached hydrogens (tertiary/aromatic N) is 1. The molecule has 0 aromatic rings. The second-order valence-corrected chi connectivity index (χ2v) is 14.6. The first kappa shape index (κ1) is 30.3. The zero-order chi connectivity index (χ0) is 26.7. The van der Waals surface area contributed by atoms with Crippen LogP contribution in [0, 0.1) is 22.7 Å². The third kappa shape index (κ3) is 8.30. The van der Waals surface area contributed by atoms with Crippen LogP contribution in [0.25, 0.3) is 0 Å². The number of hydrogen-bond donors (Lipinski definition) is 0. The molecule has 1 saturated carbocycles. The SMILES string of the molecule is CC1C(C)(C)CC(C(=O)CCCCCCCCC(=O)OC2CC(C)(C)N(C)C(C)(C)C2)CC1(C)C. The van der Waals surface area contributed by atoms with E-state index in [1.807, 2.05) is 0 Å². The first-order valence-corrected chi connectivity index (χ1v) is 14.4. The van der Waals surface area contributed by atoms with Crippen LogP contribution in [0.15, 0.2) is 0 Å². The van der Waals surface area contributed by atoms with Crippen LogP contribution in [0.3, 0.4) is 0 Å². The quantitative estimate of drug-likeness (QED) is 0.217. The maximum atomic E-state index is 12.9. The Bertz CT molecular complexity index is 685. The van der Waals surface area contributed by atoms with Crippen molar-refractivity contribution < 1.29 is 14.3 Å². The van der Waals surface area contributed by atoms with Crippen molar-refractivity contribution in [2.24, 2.45) is 22.7 Å². The summed E-state index contributed by atoms with van der Waals surface area (Å²) in [6.45, 7) is 20.6. The van der Waals surface area contributed by atoms with Crippen LogP contribution in [0.4, 0.5) is 0 Å². The van der Waals surface area contributed by atoms with Gasteiger partial charge in [0.25, 0.3) is 0 Å². The molecule has 2 fully saturated rings. The summed E-state index contributed by atoms with van der Waals surface area (Å²) < 4.78 is 5.87. The van der Waals surface area contributed by atoms with Gasteiger partial charge >= 0.3 is 5.97 Å². The molecule has 35 heavy (non-hydrogen) atoms. The summed E-state index contributed by atoms with van der Waals surface area (Å²) in [6, 6.07) is 0. The molecule has 2 rings (SSSR count). The number of ketones is 1. The third-order valence-electron chi connectivity index (χ3n) is 9.97. The molecule has 1 heterocycles. The van der Waals surface area contributed by atoms with Gasteiger partial charge in [-0.15, -0.1) is 0 Å². The van der Waals surface area contributed by atoms with E-state index in [4.69, 9.17) is 4.74 Å². The van der Waals surface area contributed by atoms with Gasteiger partial charge in [-0.25, -0.2) is 0 Å². The summed E-state index contributed by atoms with van der Waals surface area (Å²) in [7, 11) is 2.17. The molecule has 0 spiro atoms. The molecule has 0 N–H and O–H groups in total. The molecule has 0 aromatic carbocycles. The zero-order valence-electron chi connectivity index (χ0n) is 24.9. The van der Waals surface area contributed by atoms with E-state index in [2.05, 4.69) is 74.3 Å². The van der Waals surface area contributed by atoms with Gasteiger partial charge in [0.15, 0.2) is 0 Å². The molecule has 0 bridgehead atoms. The number of Topliss-reactive ketones (excluding diaryl/α,β-unsaturated/α-hetero) is 1. The summed E-state index contributed by atoms with van der Waals surface area (Å²) >= 11 is 0. The van der Waals surface area contributed by atoms with E-state index in [-0.39, 0.29) is 39.9 Å². The van der Waals surface area contributed by atoms with Crippen molar-refractivity contribution in [3.8, 4) is 0 Å². The van der Waals surface area contributed by atoms with Crippen LogP contribution in [0.5, 0.6) is 0 Å². The van der Waals surface area contributed by atoms with Crippen molar-refractivity contribution >= 4 is 11.8 Å². The van der Waals surface area contributed by atoms with Gasteiger partial charge in [-0.3, -0.25) is 14.5 Å². The smallest absolute Gasteiger partial charge is 0.306 e. The lowest BCUT2D eigenvalue weighted by atomic mass is 9.54. The van der Waals surface area contributed by atoms with Gasteiger partial charge in [0, 0.05) is 42.7 Å². The van der Waals surface area contributed by atoms with Crippen LogP contribution in [-0.4, -0.2) is 40.9 Å². The fourth-order valence-corrected chi connectivity index (χ4v) is 7.07. The molecule has 204 valence electrons. The van der Waals surface area contributed by atoms with Gasteiger partial charge in [-0.05, 0) is 77.2 Å². The van der Waals surface area contributed by atoms with Crippen molar-refractivity contribution in [2.45, 2.75) is 157 Å². The Morgan fingerprint density at radius 3 is 1.63 bits per heavy atom. The highest BCUT2D eigenvalue weighted by molar-refractivity contribution is 5.81. The maximum absolute atomic E-state index is 12.9. The van der Waals surface area contributed by atoms with Crippen molar-refractivity contribution in [3.63, 3.8) is 0 Å². The number of carbonyl (C=O) groups is 2. The van der Waals surface area contributed by atoms with Crippen molar-refractivity contribution in [2.75, 3.05) is 7.05 Å². The van der Waals surface area contributed by atoms with Crippen molar-refractivity contribution in [1.29, 1.82) is 0 Å². The lowest BCUT2D eigenvalue weighted by Crippen LogP contribution is -2.60. The lowest BCUT2D eigenvalue weighted by molar-refractivity contribution is -0.159. The number of likely N-dealkylation sites (tertiary alicyclic amines) is 1. The van der Waals surface area contributed by atoms with Gasteiger partial charge in [-0.2, -0.15) is 0 Å². The molecular weight excluding hydrogens is 434 g/mol. The average molecular weight is 492 g/mol. The first-order valence-electron chi connectivity index (χ1n) is 14.4. The molecule has 2 aliphatic rings. The van der Waals surface area contributed by atoms with Crippen LogP contribution in [0.2, 0.25) is 0 Å². The molecule has 0 amide bonds. The molecule has 4 heteroatoms. The normalized spacial score (nSPS) is 27.9. The Balaban J connectivity index is 1.57. The van der Waals surface area contributed by atoms with Gasteiger partial charge in [0.05, 0.1) is 0 Å². The summed E-state index contributed by atoms with van der Waals surface area (Å²) in [4.78, 5) is 27.7. The minimum absolute atomic E-state index is 0.0183. The number of hydrogen-bond acceptors (Lipinski definition) is 4. The second-order valence-electron chi connectivity index (χ2n) is 14.6. The van der Waals surface area contributed by atoms with Crippen molar-refractivity contribution in [1.82, 2.24) is 4.90 Å². The molecule has 4 nitrogen and oxygen atoms in total. The summed E-state index contributed by atoms with van der Waals surface area (Å²) in [5.41, 5.74) is 0.553. The van der Waals surface area contributed by atoms with Crippen LogP contribution in [-0.2, 0) is 14.3 Å². The van der Waals surface area contributed by atoms with Gasteiger partial charge in [0.2, 0.25) is 0 Å². The number of piperidine rings is 1. The van der Waals surface area contributed by atoms with E-state index >= 15 is 0 Å². The van der Waals surface area contributed by atoms with E-state index in [0.29, 0.717) is 18.1 Å². The minimum Gasteiger partial charge on any atom is -0.462 e. The van der Waals surface area contributed by atoms with Crippen LogP contribution in [0.1, 0.15) is 139 Å². The number of rotatable bonds is 11. The van der Waals surface area contributed by atoms with Gasteiger partial charge in [0.1, 0.15) is 11.9 Å². The van der Waals surface area contributed by atoms with Crippen LogP contribution < -0.4 is 0 Å². The van der Waals surface area contributed by atoms with E-state index in [1.165, 1.54) is 0 Å². The molecule has 1 aliphatic heterocycles. The van der Waals surface area contributed by atoms with Crippen LogP contribution >= 0.6 is 0 Å². The Morgan fingerprint density at radius 2 is 1.14 bits per heavy atom. The molecule has 0 atom stereocenters. The Kier molecular flexibility index (Phi) is 10.1. The Morgan fingerprint density at radius 1 is 0.714 bits per heavy atom. The predicted octanol–water partition coefficient (Wildman–Crippen LogP) is 7.97. The highest BCUT2D eigenvalue weighted by Crippen LogP contribution is 2.53. The largest absolute Gasteiger partial charge is 0.462 e.